The number of aromatic hydroxyl groups is 1. The van der Waals surface area contributed by atoms with Crippen LogP contribution in [0.15, 0.2) is 12.1 Å². The summed E-state index contributed by atoms with van der Waals surface area (Å²) in [5, 5.41) is 22.7. The molecule has 0 amide bonds. The van der Waals surface area contributed by atoms with Crippen molar-refractivity contribution in [1.29, 1.82) is 0 Å². The van der Waals surface area contributed by atoms with Crippen LogP contribution in [-0.4, -0.2) is 59.2 Å². The van der Waals surface area contributed by atoms with Crippen molar-refractivity contribution in [3.05, 3.63) is 23.3 Å². The summed E-state index contributed by atoms with van der Waals surface area (Å²) in [6.45, 7) is 10.7. The molecule has 2 heterocycles. The van der Waals surface area contributed by atoms with E-state index in [1.165, 1.54) is 30.5 Å². The summed E-state index contributed by atoms with van der Waals surface area (Å²) in [6, 6.07) is 4.41. The van der Waals surface area contributed by atoms with E-state index < -0.39 is 5.60 Å². The molecule has 176 valence electrons. The number of methoxy groups -OCH3 is 1. The van der Waals surface area contributed by atoms with Gasteiger partial charge in [0, 0.05) is 36.6 Å². The first-order chi connectivity index (χ1) is 15.1. The summed E-state index contributed by atoms with van der Waals surface area (Å²) in [6.07, 6.45) is 5.34. The Morgan fingerprint density at radius 1 is 1.22 bits per heavy atom. The van der Waals surface area contributed by atoms with Gasteiger partial charge in [-0.2, -0.15) is 0 Å². The zero-order chi connectivity index (χ0) is 22.6. The summed E-state index contributed by atoms with van der Waals surface area (Å²) in [5.74, 6) is 2.17. The lowest BCUT2D eigenvalue weighted by atomic mass is 9.47. The zero-order valence-corrected chi connectivity index (χ0v) is 20.2. The first-order valence-corrected chi connectivity index (χ1v) is 12.6. The molecule has 0 aromatic heterocycles. The van der Waals surface area contributed by atoms with Gasteiger partial charge < -0.3 is 19.7 Å². The van der Waals surface area contributed by atoms with E-state index in [0.29, 0.717) is 17.7 Å². The molecule has 3 fully saturated rings. The highest BCUT2D eigenvalue weighted by Gasteiger charge is 2.70. The van der Waals surface area contributed by atoms with Crippen LogP contribution in [0.5, 0.6) is 11.5 Å². The Labute approximate surface area is 192 Å². The Hall–Kier alpha value is -1.30. The standard InChI is InChI=1S/C27H39NO4/c1-25(2,3)26(4,30)18-13-17-19-12-16-8-9-20(29)23-21(16)27(17,24(32-23)22(18)31-5)10-11-28(19)14-15-6-7-15/h8-9,15,17-19,22,24,29-30H,6-7,10-14H2,1-5H3/t17?,18-,19?,22+,24-,26-,27?/m0/s1. The van der Waals surface area contributed by atoms with Crippen LogP contribution in [0.4, 0.5) is 0 Å². The van der Waals surface area contributed by atoms with E-state index >= 15 is 0 Å². The number of aliphatic hydroxyl groups is 1. The van der Waals surface area contributed by atoms with Crippen LogP contribution in [0.3, 0.4) is 0 Å². The van der Waals surface area contributed by atoms with Crippen molar-refractivity contribution in [2.24, 2.45) is 23.2 Å². The van der Waals surface area contributed by atoms with Crippen molar-refractivity contribution in [2.45, 2.75) is 89.1 Å². The van der Waals surface area contributed by atoms with Crippen LogP contribution in [0.2, 0.25) is 0 Å². The molecule has 0 radical (unpaired) electrons. The molecule has 3 aliphatic carbocycles. The van der Waals surface area contributed by atoms with Crippen molar-refractivity contribution < 1.29 is 19.7 Å². The Balaban J connectivity index is 1.50. The normalized spacial score (nSPS) is 39.9. The molecule has 32 heavy (non-hydrogen) atoms. The molecule has 6 rings (SSSR count). The third kappa shape index (κ3) is 2.62. The molecule has 5 aliphatic rings. The molecule has 5 nitrogen and oxygen atoms in total. The van der Waals surface area contributed by atoms with Gasteiger partial charge in [0.25, 0.3) is 0 Å². The first kappa shape index (κ1) is 21.2. The fourth-order valence-electron chi connectivity index (χ4n) is 7.82. The molecule has 2 N–H and O–H groups in total. The molecule has 7 atom stereocenters. The SMILES string of the molecule is CO[C@H]1[C@@H]2Oc3c(O)ccc4c3C23CCN(CC2CC2)C(C4)C3C[C@@H]1[C@](C)(O)C(C)(C)C. The van der Waals surface area contributed by atoms with E-state index in [1.807, 2.05) is 13.0 Å². The highest BCUT2D eigenvalue weighted by molar-refractivity contribution is 5.61. The quantitative estimate of drug-likeness (QED) is 0.743. The fourth-order valence-corrected chi connectivity index (χ4v) is 7.82. The van der Waals surface area contributed by atoms with E-state index in [9.17, 15) is 10.2 Å². The molecule has 1 aromatic carbocycles. The largest absolute Gasteiger partial charge is 0.504 e. The van der Waals surface area contributed by atoms with E-state index in [-0.39, 0.29) is 34.7 Å². The van der Waals surface area contributed by atoms with Gasteiger partial charge >= 0.3 is 0 Å². The van der Waals surface area contributed by atoms with Gasteiger partial charge in [-0.1, -0.05) is 26.8 Å². The monoisotopic (exact) mass is 441 g/mol. The van der Waals surface area contributed by atoms with Crippen LogP contribution >= 0.6 is 0 Å². The van der Waals surface area contributed by atoms with Crippen LogP contribution in [0.25, 0.3) is 0 Å². The Morgan fingerprint density at radius 3 is 2.62 bits per heavy atom. The number of benzene rings is 1. The minimum Gasteiger partial charge on any atom is -0.504 e. The molecule has 2 saturated carbocycles. The van der Waals surface area contributed by atoms with Gasteiger partial charge in [-0.3, -0.25) is 4.90 Å². The highest BCUT2D eigenvalue weighted by atomic mass is 16.5. The highest BCUT2D eigenvalue weighted by Crippen LogP contribution is 2.66. The second-order valence-corrected chi connectivity index (χ2v) is 12.5. The summed E-state index contributed by atoms with van der Waals surface area (Å²) in [7, 11) is 1.77. The number of phenols is 1. The van der Waals surface area contributed by atoms with E-state index in [2.05, 4.69) is 31.7 Å². The van der Waals surface area contributed by atoms with Crippen molar-refractivity contribution in [1.82, 2.24) is 4.90 Å². The van der Waals surface area contributed by atoms with Crippen molar-refractivity contribution in [3.8, 4) is 11.5 Å². The summed E-state index contributed by atoms with van der Waals surface area (Å²) in [4.78, 5) is 2.76. The molecule has 1 spiro atoms. The van der Waals surface area contributed by atoms with Gasteiger partial charge in [-0.25, -0.2) is 0 Å². The molecule has 2 aliphatic heterocycles. The predicted octanol–water partition coefficient (Wildman–Crippen LogP) is 3.88. The number of ether oxygens (including phenoxy) is 2. The van der Waals surface area contributed by atoms with Gasteiger partial charge in [0.2, 0.25) is 0 Å². The predicted molar refractivity (Wildman–Crippen MR) is 123 cm³/mol. The number of likely N-dealkylation sites (tertiary alicyclic amines) is 1. The number of phenolic OH excluding ortho intramolecular Hbond substituents is 1. The number of hydrogen-bond acceptors (Lipinski definition) is 5. The van der Waals surface area contributed by atoms with Crippen molar-refractivity contribution in [3.63, 3.8) is 0 Å². The molecule has 5 heteroatoms. The molecule has 2 bridgehead atoms. The minimum absolute atomic E-state index is 0.0306. The molecule has 3 unspecified atom stereocenters. The van der Waals surface area contributed by atoms with Gasteiger partial charge in [-0.05, 0) is 74.5 Å². The fraction of sp³-hybridized carbons (Fsp3) is 0.778. The Kier molecular flexibility index (Phi) is 4.41. The van der Waals surface area contributed by atoms with E-state index in [1.54, 1.807) is 7.11 Å². The molecule has 1 saturated heterocycles. The van der Waals surface area contributed by atoms with Gasteiger partial charge in [0.15, 0.2) is 11.5 Å². The number of hydrogen-bond donors (Lipinski definition) is 2. The molecule has 1 aromatic rings. The average molecular weight is 442 g/mol. The van der Waals surface area contributed by atoms with Crippen LogP contribution in [0, 0.1) is 23.2 Å². The summed E-state index contributed by atoms with van der Waals surface area (Å²) in [5.41, 5.74) is 1.29. The summed E-state index contributed by atoms with van der Waals surface area (Å²) < 4.78 is 12.9. The van der Waals surface area contributed by atoms with Gasteiger partial charge in [-0.15, -0.1) is 0 Å². The Bertz CT molecular complexity index is 932. The van der Waals surface area contributed by atoms with Gasteiger partial charge in [0.05, 0.1) is 5.60 Å². The third-order valence-corrected chi connectivity index (χ3v) is 10.2. The maximum atomic E-state index is 11.9. The van der Waals surface area contributed by atoms with E-state index in [0.717, 1.165) is 31.7 Å². The number of nitrogens with zero attached hydrogens (tertiary/aromatic N) is 1. The minimum atomic E-state index is -0.897. The van der Waals surface area contributed by atoms with Gasteiger partial charge in [0.1, 0.15) is 12.2 Å². The molecular weight excluding hydrogens is 402 g/mol. The number of rotatable bonds is 4. The lowest BCUT2D eigenvalue weighted by Crippen LogP contribution is -2.71. The second-order valence-electron chi connectivity index (χ2n) is 12.5. The second kappa shape index (κ2) is 6.64. The topological polar surface area (TPSA) is 62.2 Å². The molecular formula is C27H39NO4. The third-order valence-electron chi connectivity index (χ3n) is 10.2. The van der Waals surface area contributed by atoms with E-state index in [4.69, 9.17) is 9.47 Å². The van der Waals surface area contributed by atoms with Crippen LogP contribution in [0.1, 0.15) is 64.5 Å². The maximum Gasteiger partial charge on any atom is 0.165 e. The lowest BCUT2D eigenvalue weighted by molar-refractivity contribution is -0.206. The lowest BCUT2D eigenvalue weighted by Gasteiger charge is -2.63. The summed E-state index contributed by atoms with van der Waals surface area (Å²) >= 11 is 0. The Morgan fingerprint density at radius 2 is 1.97 bits per heavy atom. The first-order valence-electron chi connectivity index (χ1n) is 12.6. The maximum absolute atomic E-state index is 11.9. The smallest absolute Gasteiger partial charge is 0.165 e. The zero-order valence-electron chi connectivity index (χ0n) is 20.2. The number of piperidine rings is 1. The average Bonchev–Trinajstić information content (AvgIpc) is 3.48. The van der Waals surface area contributed by atoms with Crippen LogP contribution in [-0.2, 0) is 16.6 Å². The van der Waals surface area contributed by atoms with Crippen molar-refractivity contribution >= 4 is 0 Å². The van der Waals surface area contributed by atoms with Crippen molar-refractivity contribution in [2.75, 3.05) is 20.2 Å². The van der Waals surface area contributed by atoms with Crippen LogP contribution < -0.4 is 4.74 Å².